The van der Waals surface area contributed by atoms with Crippen LogP contribution in [0.25, 0.3) is 11.3 Å². The third-order valence-electron chi connectivity index (χ3n) is 4.72. The third kappa shape index (κ3) is 5.37. The summed E-state index contributed by atoms with van der Waals surface area (Å²) in [6.45, 7) is 7.22. The Morgan fingerprint density at radius 2 is 2.19 bits per heavy atom. The highest BCUT2D eigenvalue weighted by Gasteiger charge is 2.21. The van der Waals surface area contributed by atoms with Gasteiger partial charge in [-0.05, 0) is 38.7 Å². The molecule has 2 heterocycles. The van der Waals surface area contributed by atoms with Gasteiger partial charge in [0.1, 0.15) is 6.10 Å². The second-order valence-electron chi connectivity index (χ2n) is 6.97. The Labute approximate surface area is 165 Å². The van der Waals surface area contributed by atoms with Crippen LogP contribution in [-0.2, 0) is 20.7 Å². The molecule has 1 fully saturated rings. The van der Waals surface area contributed by atoms with Crippen LogP contribution in [0.15, 0.2) is 24.3 Å². The summed E-state index contributed by atoms with van der Waals surface area (Å²) in [5, 5.41) is 3.49. The SMILES string of the molecule is CCCc1ccc(-c2nc(NC(=O)C(C)OCC3CCCO3)sc2C)cc1. The van der Waals surface area contributed by atoms with Gasteiger partial charge in [-0.15, -0.1) is 11.3 Å². The van der Waals surface area contributed by atoms with Gasteiger partial charge in [-0.3, -0.25) is 10.1 Å². The Hall–Kier alpha value is -1.76. The van der Waals surface area contributed by atoms with Crippen LogP contribution in [0, 0.1) is 6.92 Å². The number of amides is 1. The van der Waals surface area contributed by atoms with Gasteiger partial charge in [0.25, 0.3) is 5.91 Å². The number of benzene rings is 1. The molecular formula is C21H28N2O3S. The normalized spacial score (nSPS) is 17.8. The maximum absolute atomic E-state index is 12.4. The van der Waals surface area contributed by atoms with Gasteiger partial charge in [-0.2, -0.15) is 0 Å². The lowest BCUT2D eigenvalue weighted by molar-refractivity contribution is -0.128. The lowest BCUT2D eigenvalue weighted by Gasteiger charge is -2.15. The first-order valence-electron chi connectivity index (χ1n) is 9.67. The second-order valence-corrected chi connectivity index (χ2v) is 8.17. The summed E-state index contributed by atoms with van der Waals surface area (Å²) < 4.78 is 11.2. The summed E-state index contributed by atoms with van der Waals surface area (Å²) in [6.07, 6.45) is 3.87. The standard InChI is InChI=1S/C21H28N2O3S/c1-4-6-16-8-10-17(11-9-16)19-15(3)27-21(22-19)23-20(24)14(2)26-13-18-7-5-12-25-18/h8-11,14,18H,4-7,12-13H2,1-3H3,(H,22,23,24). The minimum atomic E-state index is -0.532. The van der Waals surface area contributed by atoms with E-state index in [9.17, 15) is 4.79 Å². The van der Waals surface area contributed by atoms with Crippen molar-refractivity contribution in [3.63, 3.8) is 0 Å². The quantitative estimate of drug-likeness (QED) is 0.718. The molecule has 0 radical (unpaired) electrons. The summed E-state index contributed by atoms with van der Waals surface area (Å²) in [4.78, 5) is 18.1. The molecule has 2 unspecified atom stereocenters. The van der Waals surface area contributed by atoms with Crippen molar-refractivity contribution in [2.75, 3.05) is 18.5 Å². The minimum Gasteiger partial charge on any atom is -0.376 e. The first-order chi connectivity index (χ1) is 13.1. The van der Waals surface area contributed by atoms with E-state index in [1.54, 1.807) is 6.92 Å². The summed E-state index contributed by atoms with van der Waals surface area (Å²) >= 11 is 1.49. The van der Waals surface area contributed by atoms with Gasteiger partial charge in [-0.25, -0.2) is 4.98 Å². The number of carbonyl (C=O) groups is 1. The van der Waals surface area contributed by atoms with E-state index in [4.69, 9.17) is 9.47 Å². The van der Waals surface area contributed by atoms with Crippen LogP contribution >= 0.6 is 11.3 Å². The molecule has 1 saturated heterocycles. The average molecular weight is 389 g/mol. The number of aryl methyl sites for hydroxylation is 2. The van der Waals surface area contributed by atoms with Crippen molar-refractivity contribution in [2.45, 2.75) is 58.7 Å². The molecule has 0 saturated carbocycles. The Morgan fingerprint density at radius 1 is 1.41 bits per heavy atom. The van der Waals surface area contributed by atoms with Gasteiger partial charge in [0.15, 0.2) is 5.13 Å². The predicted molar refractivity (Wildman–Crippen MR) is 109 cm³/mol. The fourth-order valence-electron chi connectivity index (χ4n) is 3.15. The number of anilines is 1. The molecule has 1 amide bonds. The molecule has 3 rings (SSSR count). The van der Waals surface area contributed by atoms with Gasteiger partial charge >= 0.3 is 0 Å². The van der Waals surface area contributed by atoms with Gasteiger partial charge < -0.3 is 9.47 Å². The number of hydrogen-bond donors (Lipinski definition) is 1. The number of thiazole rings is 1. The maximum Gasteiger partial charge on any atom is 0.254 e. The number of ether oxygens (including phenoxy) is 2. The molecule has 2 aromatic rings. The first-order valence-corrected chi connectivity index (χ1v) is 10.5. The Kier molecular flexibility index (Phi) is 6.99. The minimum absolute atomic E-state index is 0.115. The van der Waals surface area contributed by atoms with E-state index in [1.807, 2.05) is 6.92 Å². The maximum atomic E-state index is 12.4. The van der Waals surface area contributed by atoms with Crippen LogP contribution in [0.5, 0.6) is 0 Å². The number of hydrogen-bond acceptors (Lipinski definition) is 5. The highest BCUT2D eigenvalue weighted by atomic mass is 32.1. The summed E-state index contributed by atoms with van der Waals surface area (Å²) in [7, 11) is 0. The van der Waals surface area contributed by atoms with Gasteiger partial charge in [0.05, 0.1) is 18.4 Å². The third-order valence-corrected chi connectivity index (χ3v) is 5.60. The molecule has 1 aliphatic rings. The summed E-state index contributed by atoms with van der Waals surface area (Å²) in [5.74, 6) is -0.174. The molecule has 0 aliphatic carbocycles. The van der Waals surface area contributed by atoms with Gasteiger partial charge in [-0.1, -0.05) is 37.6 Å². The van der Waals surface area contributed by atoms with Crippen LogP contribution < -0.4 is 5.32 Å². The zero-order chi connectivity index (χ0) is 19.2. The Bertz CT molecular complexity index is 751. The highest BCUT2D eigenvalue weighted by molar-refractivity contribution is 7.16. The van der Waals surface area contributed by atoms with E-state index in [1.165, 1.54) is 16.9 Å². The van der Waals surface area contributed by atoms with E-state index in [-0.39, 0.29) is 12.0 Å². The fourth-order valence-corrected chi connectivity index (χ4v) is 3.98. The molecule has 1 aliphatic heterocycles. The smallest absolute Gasteiger partial charge is 0.254 e. The molecule has 146 valence electrons. The topological polar surface area (TPSA) is 60.5 Å². The molecule has 1 aromatic heterocycles. The zero-order valence-corrected chi connectivity index (χ0v) is 17.1. The number of aromatic nitrogens is 1. The molecule has 27 heavy (non-hydrogen) atoms. The lowest BCUT2D eigenvalue weighted by atomic mass is 10.1. The van der Waals surface area contributed by atoms with E-state index in [0.29, 0.717) is 11.7 Å². The molecule has 0 spiro atoms. The van der Waals surface area contributed by atoms with E-state index >= 15 is 0 Å². The van der Waals surface area contributed by atoms with Crippen molar-refractivity contribution in [1.82, 2.24) is 4.98 Å². The van der Waals surface area contributed by atoms with Crippen LogP contribution in [0.4, 0.5) is 5.13 Å². The highest BCUT2D eigenvalue weighted by Crippen LogP contribution is 2.30. The number of rotatable bonds is 8. The molecule has 2 atom stereocenters. The molecule has 1 aromatic carbocycles. The number of nitrogens with one attached hydrogen (secondary N) is 1. The van der Waals surface area contributed by atoms with Crippen LogP contribution in [0.1, 0.15) is 43.6 Å². The Balaban J connectivity index is 1.59. The molecule has 6 heteroatoms. The fraction of sp³-hybridized carbons (Fsp3) is 0.524. The molecular weight excluding hydrogens is 360 g/mol. The van der Waals surface area contributed by atoms with E-state index in [2.05, 4.69) is 41.5 Å². The monoisotopic (exact) mass is 388 g/mol. The lowest BCUT2D eigenvalue weighted by Crippen LogP contribution is -2.30. The summed E-state index contributed by atoms with van der Waals surface area (Å²) in [5.41, 5.74) is 3.33. The molecule has 5 nitrogen and oxygen atoms in total. The van der Waals surface area contributed by atoms with Crippen LogP contribution in [0.2, 0.25) is 0 Å². The van der Waals surface area contributed by atoms with Crippen molar-refractivity contribution in [3.8, 4) is 11.3 Å². The van der Waals surface area contributed by atoms with Crippen molar-refractivity contribution in [2.24, 2.45) is 0 Å². The van der Waals surface area contributed by atoms with Crippen molar-refractivity contribution < 1.29 is 14.3 Å². The van der Waals surface area contributed by atoms with Crippen molar-refractivity contribution >= 4 is 22.4 Å². The van der Waals surface area contributed by atoms with Gasteiger partial charge in [0, 0.05) is 17.0 Å². The first kappa shape index (κ1) is 20.0. The average Bonchev–Trinajstić information content (AvgIpc) is 3.30. The van der Waals surface area contributed by atoms with Crippen LogP contribution in [0.3, 0.4) is 0 Å². The van der Waals surface area contributed by atoms with E-state index in [0.717, 1.165) is 48.4 Å². The Morgan fingerprint density at radius 3 is 2.85 bits per heavy atom. The van der Waals surface area contributed by atoms with Crippen LogP contribution in [-0.4, -0.2) is 36.3 Å². The predicted octanol–water partition coefficient (Wildman–Crippen LogP) is 4.59. The number of nitrogens with zero attached hydrogens (tertiary/aromatic N) is 1. The van der Waals surface area contributed by atoms with Crippen molar-refractivity contribution in [3.05, 3.63) is 34.7 Å². The second kappa shape index (κ2) is 9.44. The van der Waals surface area contributed by atoms with E-state index < -0.39 is 6.10 Å². The zero-order valence-electron chi connectivity index (χ0n) is 16.3. The number of carbonyl (C=O) groups excluding carboxylic acids is 1. The van der Waals surface area contributed by atoms with Crippen molar-refractivity contribution in [1.29, 1.82) is 0 Å². The van der Waals surface area contributed by atoms with Gasteiger partial charge in [0.2, 0.25) is 0 Å². The molecule has 1 N–H and O–H groups in total. The molecule has 0 bridgehead atoms. The largest absolute Gasteiger partial charge is 0.376 e. The summed E-state index contributed by atoms with van der Waals surface area (Å²) in [6, 6.07) is 8.51.